The fourth-order valence-electron chi connectivity index (χ4n) is 10.2. The Bertz CT molecular complexity index is 4000. The average Bonchev–Trinajstić information content (AvgIpc) is 3.82. The molecule has 0 N–H and O–H groups in total. The highest BCUT2D eigenvalue weighted by Crippen LogP contribution is 2.50. The minimum atomic E-state index is 1.10. The minimum Gasteiger partial charge on any atom is -0.309 e. The van der Waals surface area contributed by atoms with Gasteiger partial charge in [-0.25, -0.2) is 0 Å². The summed E-state index contributed by atoms with van der Waals surface area (Å²) >= 11 is 1.90. The normalized spacial score (nSPS) is 11.5. The lowest BCUT2D eigenvalue weighted by molar-refractivity contribution is 1.30. The summed E-state index contributed by atoms with van der Waals surface area (Å²) in [5.41, 5.74) is 15.5. The first-order valence-electron chi connectivity index (χ1n) is 23.3. The Kier molecular flexibility index (Phi) is 9.77. The van der Waals surface area contributed by atoms with Crippen LogP contribution in [0.4, 0.5) is 17.1 Å². The fourth-order valence-corrected chi connectivity index (χ4v) is 11.5. The van der Waals surface area contributed by atoms with Crippen molar-refractivity contribution >= 4 is 80.9 Å². The molecule has 12 aromatic carbocycles. The van der Waals surface area contributed by atoms with E-state index in [-0.39, 0.29) is 0 Å². The van der Waals surface area contributed by atoms with Crippen molar-refractivity contribution in [3.63, 3.8) is 0 Å². The van der Waals surface area contributed by atoms with Crippen molar-refractivity contribution in [2.45, 2.75) is 0 Å². The molecule has 1 nitrogen and oxygen atoms in total. The first-order chi connectivity index (χ1) is 33.7. The molecule has 0 unspecified atom stereocenters. The van der Waals surface area contributed by atoms with Gasteiger partial charge in [0.15, 0.2) is 0 Å². The molecule has 0 saturated carbocycles. The molecule has 318 valence electrons. The van der Waals surface area contributed by atoms with Crippen LogP contribution >= 0.6 is 11.3 Å². The molecule has 13 aromatic rings. The lowest BCUT2D eigenvalue weighted by Crippen LogP contribution is -2.10. The van der Waals surface area contributed by atoms with Crippen LogP contribution in [-0.4, -0.2) is 0 Å². The summed E-state index contributed by atoms with van der Waals surface area (Å²) in [6, 6.07) is 95.7. The summed E-state index contributed by atoms with van der Waals surface area (Å²) in [6.45, 7) is 0. The Balaban J connectivity index is 0.929. The van der Waals surface area contributed by atoms with Gasteiger partial charge in [0.25, 0.3) is 0 Å². The maximum atomic E-state index is 2.46. The van der Waals surface area contributed by atoms with Gasteiger partial charge in [-0.3, -0.25) is 0 Å². The molecule has 0 radical (unpaired) electrons. The van der Waals surface area contributed by atoms with Crippen LogP contribution in [0.1, 0.15) is 0 Å². The predicted octanol–water partition coefficient (Wildman–Crippen LogP) is 19.3. The van der Waals surface area contributed by atoms with Crippen molar-refractivity contribution in [3.8, 4) is 55.6 Å². The zero-order valence-corrected chi connectivity index (χ0v) is 38.0. The second-order valence-corrected chi connectivity index (χ2v) is 18.7. The van der Waals surface area contributed by atoms with E-state index in [1.54, 1.807) is 0 Å². The Morgan fingerprint density at radius 2 is 0.706 bits per heavy atom. The number of rotatable bonds is 8. The number of fused-ring (bicyclic) bond motifs is 7. The first-order valence-corrected chi connectivity index (χ1v) is 24.1. The third-order valence-corrected chi connectivity index (χ3v) is 14.9. The van der Waals surface area contributed by atoms with Crippen LogP contribution in [0.25, 0.3) is 108 Å². The Labute approximate surface area is 400 Å². The molecule has 0 bridgehead atoms. The zero-order chi connectivity index (χ0) is 45.0. The molecule has 68 heavy (non-hydrogen) atoms. The lowest BCUT2D eigenvalue weighted by Gasteiger charge is -2.27. The molecular weight excluding hydrogens is 839 g/mol. The van der Waals surface area contributed by atoms with Crippen molar-refractivity contribution < 1.29 is 0 Å². The van der Waals surface area contributed by atoms with Gasteiger partial charge in [0, 0.05) is 32.4 Å². The summed E-state index contributed by atoms with van der Waals surface area (Å²) in [5, 5.41) is 10.1. The molecule has 2 heteroatoms. The van der Waals surface area contributed by atoms with Gasteiger partial charge in [0.05, 0.1) is 10.4 Å². The maximum Gasteiger partial charge on any atom is 0.0640 e. The fraction of sp³-hybridized carbons (Fsp3) is 0. The monoisotopic (exact) mass is 881 g/mol. The molecule has 0 fully saturated rings. The topological polar surface area (TPSA) is 3.24 Å². The van der Waals surface area contributed by atoms with Gasteiger partial charge in [-0.1, -0.05) is 206 Å². The number of nitrogens with zero attached hydrogens (tertiary/aromatic N) is 1. The van der Waals surface area contributed by atoms with Crippen molar-refractivity contribution in [2.75, 3.05) is 4.90 Å². The lowest BCUT2D eigenvalue weighted by atomic mass is 9.96. The van der Waals surface area contributed by atoms with Gasteiger partial charge in [-0.05, 0) is 137 Å². The summed E-state index contributed by atoms with van der Waals surface area (Å²) < 4.78 is 2.57. The number of hydrogen-bond acceptors (Lipinski definition) is 2. The average molecular weight is 882 g/mol. The molecule has 0 aliphatic carbocycles. The molecule has 0 aliphatic heterocycles. The summed E-state index contributed by atoms with van der Waals surface area (Å²) in [6.07, 6.45) is 0. The van der Waals surface area contributed by atoms with E-state index in [0.717, 1.165) is 17.1 Å². The quantitative estimate of drug-likeness (QED) is 0.147. The van der Waals surface area contributed by atoms with E-state index in [1.807, 2.05) is 11.3 Å². The summed E-state index contributed by atoms with van der Waals surface area (Å²) in [5.74, 6) is 0. The molecule has 13 rings (SSSR count). The predicted molar refractivity (Wildman–Crippen MR) is 294 cm³/mol. The van der Waals surface area contributed by atoms with Crippen molar-refractivity contribution in [1.82, 2.24) is 0 Å². The van der Waals surface area contributed by atoms with Gasteiger partial charge >= 0.3 is 0 Å². The highest BCUT2D eigenvalue weighted by Gasteiger charge is 2.22. The first kappa shape index (κ1) is 39.8. The van der Waals surface area contributed by atoms with E-state index in [2.05, 4.69) is 266 Å². The van der Waals surface area contributed by atoms with Gasteiger partial charge in [-0.15, -0.1) is 11.3 Å². The molecule has 1 aromatic heterocycles. The molecule has 0 aliphatic rings. The van der Waals surface area contributed by atoms with Gasteiger partial charge in [0.1, 0.15) is 0 Å². The molecule has 0 amide bonds. The maximum absolute atomic E-state index is 2.46. The Morgan fingerprint density at radius 3 is 1.40 bits per heavy atom. The van der Waals surface area contributed by atoms with Crippen molar-refractivity contribution in [1.29, 1.82) is 0 Å². The highest BCUT2D eigenvalue weighted by atomic mass is 32.1. The van der Waals surface area contributed by atoms with E-state index in [4.69, 9.17) is 0 Å². The number of benzene rings is 12. The third kappa shape index (κ3) is 7.11. The largest absolute Gasteiger partial charge is 0.309 e. The van der Waals surface area contributed by atoms with Crippen molar-refractivity contribution in [2.24, 2.45) is 0 Å². The van der Waals surface area contributed by atoms with Gasteiger partial charge in [0.2, 0.25) is 0 Å². The van der Waals surface area contributed by atoms with Crippen LogP contribution in [-0.2, 0) is 0 Å². The van der Waals surface area contributed by atoms with E-state index < -0.39 is 0 Å². The van der Waals surface area contributed by atoms with Crippen molar-refractivity contribution in [3.05, 3.63) is 261 Å². The van der Waals surface area contributed by atoms with Crippen LogP contribution in [0.2, 0.25) is 0 Å². The molecule has 0 saturated heterocycles. The second kappa shape index (κ2) is 16.7. The number of thiophene rings is 1. The number of anilines is 3. The molecule has 0 atom stereocenters. The summed E-state index contributed by atoms with van der Waals surface area (Å²) in [4.78, 5) is 2.46. The van der Waals surface area contributed by atoms with E-state index >= 15 is 0 Å². The summed E-state index contributed by atoms with van der Waals surface area (Å²) in [7, 11) is 0. The number of hydrogen-bond donors (Lipinski definition) is 0. The Hall–Kier alpha value is -8.56. The standard InChI is InChI=1S/C66H43NS/c1-3-13-44(14-4-1)46-25-27-47(28-26-46)51-20-11-21-59(42-51)67(63-24-12-23-61-64-60-22-10-9-19-57(60)43-62(66(64)68-65(61)63)49-16-5-2-6-17-49)58-37-35-48(36-38-58)52-31-32-55-41-56(34-33-54(55)40-52)53-30-29-45-15-7-8-18-50(45)39-53/h1-43H. The minimum absolute atomic E-state index is 1.10. The molecule has 0 spiro atoms. The smallest absolute Gasteiger partial charge is 0.0640 e. The third-order valence-electron chi connectivity index (χ3n) is 13.6. The highest BCUT2D eigenvalue weighted by molar-refractivity contribution is 7.27. The SMILES string of the molecule is c1ccc(-c2ccc(-c3cccc(N(c4ccc(-c5ccc6cc(-c7ccc8ccccc8c7)ccc6c5)cc4)c4cccc5c4sc4c(-c6ccccc6)cc6ccccc6c45)c3)cc2)cc1. The van der Waals surface area contributed by atoms with Crippen LogP contribution in [0.3, 0.4) is 0 Å². The van der Waals surface area contributed by atoms with Gasteiger partial charge < -0.3 is 4.90 Å². The van der Waals surface area contributed by atoms with E-state index in [0.29, 0.717) is 0 Å². The van der Waals surface area contributed by atoms with Crippen LogP contribution in [0, 0.1) is 0 Å². The van der Waals surface area contributed by atoms with Crippen LogP contribution in [0.15, 0.2) is 261 Å². The van der Waals surface area contributed by atoms with Crippen LogP contribution in [0.5, 0.6) is 0 Å². The van der Waals surface area contributed by atoms with E-state index in [9.17, 15) is 0 Å². The Morgan fingerprint density at radius 1 is 0.250 bits per heavy atom. The zero-order valence-electron chi connectivity index (χ0n) is 37.2. The van der Waals surface area contributed by atoms with Gasteiger partial charge in [-0.2, -0.15) is 0 Å². The molecule has 1 heterocycles. The van der Waals surface area contributed by atoms with E-state index in [1.165, 1.54) is 108 Å². The van der Waals surface area contributed by atoms with Crippen LogP contribution < -0.4 is 4.90 Å². The second-order valence-electron chi connectivity index (χ2n) is 17.7. The molecular formula is C66H43NS.